The Morgan fingerprint density at radius 2 is 2.14 bits per heavy atom. The van der Waals surface area contributed by atoms with Crippen molar-refractivity contribution >= 4 is 27.3 Å². The van der Waals surface area contributed by atoms with Gasteiger partial charge in [0.25, 0.3) is 0 Å². The number of benzene rings is 1. The number of sulfonamides is 1. The van der Waals surface area contributed by atoms with Crippen molar-refractivity contribution < 1.29 is 8.42 Å². The Morgan fingerprint density at radius 1 is 1.43 bits per heavy atom. The van der Waals surface area contributed by atoms with E-state index in [0.29, 0.717) is 5.02 Å². The molecule has 0 fully saturated rings. The maximum absolute atomic E-state index is 12.3. The Morgan fingerprint density at radius 3 is 2.76 bits per heavy atom. The van der Waals surface area contributed by atoms with Crippen LogP contribution in [0.3, 0.4) is 0 Å². The molecule has 3 N–H and O–H groups in total. The van der Waals surface area contributed by atoms with Crippen LogP contribution in [0.1, 0.15) is 18.2 Å². The molecule has 6 nitrogen and oxygen atoms in total. The van der Waals surface area contributed by atoms with Crippen LogP contribution in [0.2, 0.25) is 5.02 Å². The largest absolute Gasteiger partial charge is 0.398 e. The molecule has 1 aromatic heterocycles. The summed E-state index contributed by atoms with van der Waals surface area (Å²) in [5.74, 6) is 0. The van der Waals surface area contributed by atoms with Crippen molar-refractivity contribution in [2.45, 2.75) is 24.8 Å². The molecule has 0 saturated carbocycles. The van der Waals surface area contributed by atoms with Crippen molar-refractivity contribution in [2.24, 2.45) is 7.05 Å². The van der Waals surface area contributed by atoms with Gasteiger partial charge in [0.05, 0.1) is 11.4 Å². The van der Waals surface area contributed by atoms with Crippen LogP contribution in [0.4, 0.5) is 5.69 Å². The van der Waals surface area contributed by atoms with Gasteiger partial charge in [-0.25, -0.2) is 13.1 Å². The van der Waals surface area contributed by atoms with Gasteiger partial charge in [-0.05, 0) is 24.6 Å². The molecule has 0 atom stereocenters. The minimum Gasteiger partial charge on any atom is -0.398 e. The standard InChI is InChI=1S/C13H17ClN4O2S/c1-3-12-9(8-18(2)17-12)7-16-21(19,20)13-5-4-10(14)6-11(13)15/h4-6,8,16H,3,7,15H2,1-2H3. The molecule has 1 aromatic carbocycles. The molecule has 2 aromatic rings. The maximum Gasteiger partial charge on any atom is 0.242 e. The van der Waals surface area contributed by atoms with Crippen LogP contribution in [0.25, 0.3) is 0 Å². The Hall–Kier alpha value is -1.57. The van der Waals surface area contributed by atoms with E-state index in [-0.39, 0.29) is 17.1 Å². The first kappa shape index (κ1) is 15.8. The number of nitrogens with two attached hydrogens (primary N) is 1. The van der Waals surface area contributed by atoms with Crippen LogP contribution < -0.4 is 10.5 Å². The van der Waals surface area contributed by atoms with Gasteiger partial charge in [-0.1, -0.05) is 18.5 Å². The van der Waals surface area contributed by atoms with Crippen molar-refractivity contribution in [3.63, 3.8) is 0 Å². The number of hydrogen-bond acceptors (Lipinski definition) is 4. The van der Waals surface area contributed by atoms with Crippen LogP contribution in [0.15, 0.2) is 29.3 Å². The molecule has 0 radical (unpaired) electrons. The lowest BCUT2D eigenvalue weighted by atomic mass is 10.2. The highest BCUT2D eigenvalue weighted by atomic mass is 35.5. The summed E-state index contributed by atoms with van der Waals surface area (Å²) in [6.07, 6.45) is 2.54. The van der Waals surface area contributed by atoms with Crippen molar-refractivity contribution in [3.05, 3.63) is 40.7 Å². The van der Waals surface area contributed by atoms with Crippen LogP contribution >= 0.6 is 11.6 Å². The average molecular weight is 329 g/mol. The number of rotatable bonds is 5. The molecule has 0 bridgehead atoms. The number of nitrogens with zero attached hydrogens (tertiary/aromatic N) is 2. The van der Waals surface area contributed by atoms with Gasteiger partial charge in [0, 0.05) is 30.4 Å². The number of hydrogen-bond donors (Lipinski definition) is 2. The van der Waals surface area contributed by atoms with Gasteiger partial charge in [-0.3, -0.25) is 4.68 Å². The quantitative estimate of drug-likeness (QED) is 0.817. The Kier molecular flexibility index (Phi) is 4.55. The molecule has 0 aliphatic heterocycles. The van der Waals surface area contributed by atoms with Gasteiger partial charge >= 0.3 is 0 Å². The zero-order valence-corrected chi connectivity index (χ0v) is 13.4. The number of nitrogens with one attached hydrogen (secondary N) is 1. The highest BCUT2D eigenvalue weighted by molar-refractivity contribution is 7.89. The van der Waals surface area contributed by atoms with Gasteiger partial charge in [-0.2, -0.15) is 5.10 Å². The summed E-state index contributed by atoms with van der Waals surface area (Å²) in [5.41, 5.74) is 7.55. The van der Waals surface area contributed by atoms with Gasteiger partial charge in [0.1, 0.15) is 4.90 Å². The number of anilines is 1. The fourth-order valence-electron chi connectivity index (χ4n) is 2.04. The SMILES string of the molecule is CCc1nn(C)cc1CNS(=O)(=O)c1ccc(Cl)cc1N. The Balaban J connectivity index is 2.21. The molecule has 0 unspecified atom stereocenters. The molecule has 0 aliphatic carbocycles. The van der Waals surface area contributed by atoms with E-state index in [2.05, 4.69) is 9.82 Å². The molecule has 0 amide bonds. The van der Waals surface area contributed by atoms with Crippen LogP contribution in [0.5, 0.6) is 0 Å². The van der Waals surface area contributed by atoms with Crippen molar-refractivity contribution in [2.75, 3.05) is 5.73 Å². The van der Waals surface area contributed by atoms with Gasteiger partial charge in [0.15, 0.2) is 0 Å². The molecule has 0 saturated heterocycles. The second kappa shape index (κ2) is 6.05. The van der Waals surface area contributed by atoms with E-state index in [1.54, 1.807) is 17.9 Å². The summed E-state index contributed by atoms with van der Waals surface area (Å²) in [7, 11) is -1.89. The summed E-state index contributed by atoms with van der Waals surface area (Å²) in [4.78, 5) is 0.0221. The van der Waals surface area contributed by atoms with E-state index in [9.17, 15) is 8.42 Å². The first-order valence-electron chi connectivity index (χ1n) is 6.39. The maximum atomic E-state index is 12.3. The predicted octanol–water partition coefficient (Wildman–Crippen LogP) is 1.70. The van der Waals surface area contributed by atoms with Crippen molar-refractivity contribution in [1.82, 2.24) is 14.5 Å². The predicted molar refractivity (Wildman–Crippen MR) is 82.5 cm³/mol. The van der Waals surface area contributed by atoms with Gasteiger partial charge in [-0.15, -0.1) is 0 Å². The van der Waals surface area contributed by atoms with E-state index in [0.717, 1.165) is 17.7 Å². The lowest BCUT2D eigenvalue weighted by Crippen LogP contribution is -2.24. The first-order valence-corrected chi connectivity index (χ1v) is 8.25. The smallest absolute Gasteiger partial charge is 0.242 e. The fourth-order valence-corrected chi connectivity index (χ4v) is 3.34. The highest BCUT2D eigenvalue weighted by Gasteiger charge is 2.18. The van der Waals surface area contributed by atoms with Crippen LogP contribution in [-0.4, -0.2) is 18.2 Å². The second-order valence-electron chi connectivity index (χ2n) is 4.63. The van der Waals surface area contributed by atoms with E-state index >= 15 is 0 Å². The third-order valence-electron chi connectivity index (χ3n) is 3.04. The number of nitrogen functional groups attached to an aromatic ring is 1. The summed E-state index contributed by atoms with van der Waals surface area (Å²) in [6.45, 7) is 2.14. The highest BCUT2D eigenvalue weighted by Crippen LogP contribution is 2.22. The molecule has 21 heavy (non-hydrogen) atoms. The first-order chi connectivity index (χ1) is 9.83. The number of halogens is 1. The second-order valence-corrected chi connectivity index (χ2v) is 6.81. The van der Waals surface area contributed by atoms with Crippen molar-refractivity contribution in [1.29, 1.82) is 0 Å². The monoisotopic (exact) mass is 328 g/mol. The molecule has 2 rings (SSSR count). The minimum absolute atomic E-state index is 0.0221. The molecular formula is C13H17ClN4O2S. The number of aromatic nitrogens is 2. The topological polar surface area (TPSA) is 90.0 Å². The molecule has 114 valence electrons. The molecule has 8 heteroatoms. The Bertz CT molecular complexity index is 756. The molecule has 0 aliphatic rings. The lowest BCUT2D eigenvalue weighted by molar-refractivity contribution is 0.581. The normalized spacial score (nSPS) is 11.8. The van der Waals surface area contributed by atoms with E-state index in [1.807, 2.05) is 6.92 Å². The summed E-state index contributed by atoms with van der Waals surface area (Å²) in [5, 5.41) is 4.67. The minimum atomic E-state index is -3.69. The van der Waals surface area contributed by atoms with Gasteiger partial charge < -0.3 is 5.73 Å². The van der Waals surface area contributed by atoms with E-state index in [1.165, 1.54) is 18.2 Å². The third-order valence-corrected chi connectivity index (χ3v) is 4.75. The van der Waals surface area contributed by atoms with Crippen LogP contribution in [0, 0.1) is 0 Å². The fraction of sp³-hybridized carbons (Fsp3) is 0.308. The van der Waals surface area contributed by atoms with E-state index < -0.39 is 10.0 Å². The van der Waals surface area contributed by atoms with Crippen molar-refractivity contribution in [3.8, 4) is 0 Å². The van der Waals surface area contributed by atoms with Gasteiger partial charge in [0.2, 0.25) is 10.0 Å². The van der Waals surface area contributed by atoms with Crippen LogP contribution in [-0.2, 0) is 30.0 Å². The summed E-state index contributed by atoms with van der Waals surface area (Å²) < 4.78 is 28.8. The molecule has 0 spiro atoms. The Labute approximate surface area is 129 Å². The summed E-state index contributed by atoms with van der Waals surface area (Å²) in [6, 6.07) is 4.30. The average Bonchev–Trinajstić information content (AvgIpc) is 2.76. The zero-order valence-electron chi connectivity index (χ0n) is 11.8. The molecular weight excluding hydrogens is 312 g/mol. The zero-order chi connectivity index (χ0) is 15.6. The van der Waals surface area contributed by atoms with E-state index in [4.69, 9.17) is 17.3 Å². The lowest BCUT2D eigenvalue weighted by Gasteiger charge is -2.09. The molecule has 1 heterocycles. The summed E-state index contributed by atoms with van der Waals surface area (Å²) >= 11 is 5.78. The number of aryl methyl sites for hydroxylation is 2. The third kappa shape index (κ3) is 3.55.